The van der Waals surface area contributed by atoms with Gasteiger partial charge in [-0.1, -0.05) is 0 Å². The predicted molar refractivity (Wildman–Crippen MR) is 77.8 cm³/mol. The molecule has 0 unspecified atom stereocenters. The quantitative estimate of drug-likeness (QED) is 0.567. The van der Waals surface area contributed by atoms with E-state index in [0.29, 0.717) is 31.2 Å². The van der Waals surface area contributed by atoms with Gasteiger partial charge in [-0.15, -0.1) is 0 Å². The standard InChI is InChI=1S/C14H22N2O5/c1-19-5-4-16-13(17)9-15-8-10-6-11(20-2)14(18)12(7-10)21-3/h6-7,15,18H,4-5,8-9H2,1-3H3,(H,16,17). The van der Waals surface area contributed by atoms with Crippen LogP contribution in [0.5, 0.6) is 17.2 Å². The Morgan fingerprint density at radius 2 is 1.81 bits per heavy atom. The van der Waals surface area contributed by atoms with Crippen LogP contribution in [0.1, 0.15) is 5.56 Å². The second-order valence-corrected chi connectivity index (χ2v) is 4.30. The maximum absolute atomic E-state index is 11.5. The minimum atomic E-state index is -0.107. The summed E-state index contributed by atoms with van der Waals surface area (Å²) in [5, 5.41) is 15.5. The Bertz CT molecular complexity index is 440. The van der Waals surface area contributed by atoms with Crippen LogP contribution in [0.3, 0.4) is 0 Å². The largest absolute Gasteiger partial charge is 0.502 e. The summed E-state index contributed by atoms with van der Waals surface area (Å²) in [4.78, 5) is 11.5. The first-order valence-electron chi connectivity index (χ1n) is 6.52. The number of ether oxygens (including phenoxy) is 3. The Morgan fingerprint density at radius 3 is 2.33 bits per heavy atom. The van der Waals surface area contributed by atoms with Crippen molar-refractivity contribution in [2.45, 2.75) is 6.54 Å². The van der Waals surface area contributed by atoms with Gasteiger partial charge < -0.3 is 30.0 Å². The molecule has 1 amide bonds. The molecule has 0 aliphatic carbocycles. The van der Waals surface area contributed by atoms with Crippen LogP contribution in [-0.2, 0) is 16.1 Å². The van der Waals surface area contributed by atoms with Crippen molar-refractivity contribution in [1.29, 1.82) is 0 Å². The molecule has 0 atom stereocenters. The number of carbonyl (C=O) groups is 1. The van der Waals surface area contributed by atoms with Crippen molar-refractivity contribution in [2.24, 2.45) is 0 Å². The van der Waals surface area contributed by atoms with E-state index in [1.54, 1.807) is 19.2 Å². The highest BCUT2D eigenvalue weighted by molar-refractivity contribution is 5.77. The van der Waals surface area contributed by atoms with Crippen LogP contribution in [0.4, 0.5) is 0 Å². The van der Waals surface area contributed by atoms with Crippen molar-refractivity contribution >= 4 is 5.91 Å². The molecule has 1 aromatic carbocycles. The number of hydrogen-bond acceptors (Lipinski definition) is 6. The lowest BCUT2D eigenvalue weighted by atomic mass is 10.2. The fourth-order valence-electron chi connectivity index (χ4n) is 1.73. The van der Waals surface area contributed by atoms with Crippen LogP contribution in [-0.4, -0.2) is 52.0 Å². The number of methoxy groups -OCH3 is 3. The summed E-state index contributed by atoms with van der Waals surface area (Å²) in [5.41, 5.74) is 0.839. The third kappa shape index (κ3) is 5.49. The van der Waals surface area contributed by atoms with Crippen LogP contribution in [0.15, 0.2) is 12.1 Å². The van der Waals surface area contributed by atoms with E-state index in [-0.39, 0.29) is 18.2 Å². The van der Waals surface area contributed by atoms with Crippen LogP contribution < -0.4 is 20.1 Å². The first kappa shape index (κ1) is 17.1. The molecule has 3 N–H and O–H groups in total. The first-order valence-corrected chi connectivity index (χ1v) is 6.52. The van der Waals surface area contributed by atoms with Crippen LogP contribution in [0.2, 0.25) is 0 Å². The van der Waals surface area contributed by atoms with Gasteiger partial charge in [-0.25, -0.2) is 0 Å². The van der Waals surface area contributed by atoms with E-state index in [0.717, 1.165) is 5.56 Å². The van der Waals surface area contributed by atoms with E-state index < -0.39 is 0 Å². The molecule has 0 aromatic heterocycles. The highest BCUT2D eigenvalue weighted by Crippen LogP contribution is 2.36. The van der Waals surface area contributed by atoms with Crippen molar-refractivity contribution in [1.82, 2.24) is 10.6 Å². The number of benzene rings is 1. The molecule has 0 saturated heterocycles. The Morgan fingerprint density at radius 1 is 1.19 bits per heavy atom. The molecule has 118 valence electrons. The van der Waals surface area contributed by atoms with E-state index in [1.807, 2.05) is 0 Å². The van der Waals surface area contributed by atoms with Crippen molar-refractivity contribution in [3.05, 3.63) is 17.7 Å². The van der Waals surface area contributed by atoms with Crippen LogP contribution >= 0.6 is 0 Å². The number of carbonyl (C=O) groups excluding carboxylic acids is 1. The van der Waals surface area contributed by atoms with E-state index >= 15 is 0 Å². The minimum Gasteiger partial charge on any atom is -0.502 e. The number of rotatable bonds is 9. The number of nitrogens with one attached hydrogen (secondary N) is 2. The van der Waals surface area contributed by atoms with Gasteiger partial charge in [-0.05, 0) is 17.7 Å². The molecule has 1 aromatic rings. The highest BCUT2D eigenvalue weighted by Gasteiger charge is 2.11. The molecular weight excluding hydrogens is 276 g/mol. The van der Waals surface area contributed by atoms with E-state index in [9.17, 15) is 9.90 Å². The Labute approximate surface area is 124 Å². The van der Waals surface area contributed by atoms with Gasteiger partial charge in [0.25, 0.3) is 0 Å². The van der Waals surface area contributed by atoms with Gasteiger partial charge in [0.2, 0.25) is 11.7 Å². The summed E-state index contributed by atoms with van der Waals surface area (Å²) >= 11 is 0. The molecule has 0 radical (unpaired) electrons. The fraction of sp³-hybridized carbons (Fsp3) is 0.500. The molecule has 1 rings (SSSR count). The zero-order valence-electron chi connectivity index (χ0n) is 12.6. The molecular formula is C14H22N2O5. The third-order valence-corrected chi connectivity index (χ3v) is 2.78. The second-order valence-electron chi connectivity index (χ2n) is 4.30. The zero-order valence-corrected chi connectivity index (χ0v) is 12.6. The fourth-order valence-corrected chi connectivity index (χ4v) is 1.73. The van der Waals surface area contributed by atoms with Crippen molar-refractivity contribution < 1.29 is 24.1 Å². The van der Waals surface area contributed by atoms with Crippen molar-refractivity contribution in [3.8, 4) is 17.2 Å². The summed E-state index contributed by atoms with van der Waals surface area (Å²) in [6, 6.07) is 3.38. The molecule has 0 heterocycles. The third-order valence-electron chi connectivity index (χ3n) is 2.78. The van der Waals surface area contributed by atoms with E-state index in [2.05, 4.69) is 10.6 Å². The van der Waals surface area contributed by atoms with Gasteiger partial charge >= 0.3 is 0 Å². The molecule has 0 saturated carbocycles. The van der Waals surface area contributed by atoms with Crippen molar-refractivity contribution in [3.63, 3.8) is 0 Å². The number of phenols is 1. The highest BCUT2D eigenvalue weighted by atomic mass is 16.5. The molecule has 0 spiro atoms. The lowest BCUT2D eigenvalue weighted by Crippen LogP contribution is -2.35. The SMILES string of the molecule is COCCNC(=O)CNCc1cc(OC)c(O)c(OC)c1. The Hall–Kier alpha value is -1.99. The molecule has 7 nitrogen and oxygen atoms in total. The lowest BCUT2D eigenvalue weighted by Gasteiger charge is -2.12. The number of phenolic OH excluding ortho intramolecular Hbond substituents is 1. The summed E-state index contributed by atoms with van der Waals surface area (Å²) in [5.74, 6) is 0.511. The van der Waals surface area contributed by atoms with Crippen LogP contribution in [0.25, 0.3) is 0 Å². The molecule has 0 aliphatic heterocycles. The topological polar surface area (TPSA) is 89.1 Å². The molecule has 0 fully saturated rings. The number of aromatic hydroxyl groups is 1. The summed E-state index contributed by atoms with van der Waals surface area (Å²) < 4.78 is 15.0. The molecule has 0 aliphatic rings. The Balaban J connectivity index is 2.50. The normalized spacial score (nSPS) is 10.2. The van der Waals surface area contributed by atoms with Crippen LogP contribution in [0, 0.1) is 0 Å². The zero-order chi connectivity index (χ0) is 15.7. The average molecular weight is 298 g/mol. The number of hydrogen-bond donors (Lipinski definition) is 3. The van der Waals surface area contributed by atoms with E-state index in [4.69, 9.17) is 14.2 Å². The minimum absolute atomic E-state index is 0.0407. The van der Waals surface area contributed by atoms with Gasteiger partial charge in [0.15, 0.2) is 11.5 Å². The van der Waals surface area contributed by atoms with Gasteiger partial charge in [0.05, 0.1) is 27.4 Å². The smallest absolute Gasteiger partial charge is 0.234 e. The monoisotopic (exact) mass is 298 g/mol. The average Bonchev–Trinajstić information content (AvgIpc) is 2.48. The maximum atomic E-state index is 11.5. The number of amides is 1. The summed E-state index contributed by atoms with van der Waals surface area (Å²) in [7, 11) is 4.51. The van der Waals surface area contributed by atoms with Gasteiger partial charge in [0, 0.05) is 20.2 Å². The van der Waals surface area contributed by atoms with E-state index in [1.165, 1.54) is 14.2 Å². The summed E-state index contributed by atoms with van der Waals surface area (Å²) in [6.07, 6.45) is 0. The molecule has 21 heavy (non-hydrogen) atoms. The van der Waals surface area contributed by atoms with Gasteiger partial charge in [0.1, 0.15) is 0 Å². The molecule has 7 heteroatoms. The summed E-state index contributed by atoms with van der Waals surface area (Å²) in [6.45, 7) is 1.61. The second kappa shape index (κ2) is 9.04. The van der Waals surface area contributed by atoms with Gasteiger partial charge in [-0.2, -0.15) is 0 Å². The lowest BCUT2D eigenvalue weighted by molar-refractivity contribution is -0.120. The van der Waals surface area contributed by atoms with Gasteiger partial charge in [-0.3, -0.25) is 4.79 Å². The Kier molecular flexibility index (Phi) is 7.34. The maximum Gasteiger partial charge on any atom is 0.234 e. The van der Waals surface area contributed by atoms with Crippen molar-refractivity contribution in [2.75, 3.05) is 41.0 Å². The molecule has 0 bridgehead atoms. The predicted octanol–water partition coefficient (Wildman–Crippen LogP) is 0.262. The first-order chi connectivity index (χ1) is 10.1.